The maximum atomic E-state index is 11.2. The molecule has 18 heavy (non-hydrogen) atoms. The lowest BCUT2D eigenvalue weighted by molar-refractivity contribution is -0.142. The van der Waals surface area contributed by atoms with Crippen molar-refractivity contribution in [2.24, 2.45) is 11.8 Å². The van der Waals surface area contributed by atoms with Gasteiger partial charge in [0, 0.05) is 17.3 Å². The van der Waals surface area contributed by atoms with Gasteiger partial charge in [-0.1, -0.05) is 13.3 Å². The van der Waals surface area contributed by atoms with Gasteiger partial charge >= 0.3 is 5.97 Å². The molecule has 106 valence electrons. The van der Waals surface area contributed by atoms with E-state index < -0.39 is 15.8 Å². The molecule has 0 aromatic carbocycles. The van der Waals surface area contributed by atoms with E-state index in [4.69, 9.17) is 0 Å². The molecule has 0 radical (unpaired) electrons. The van der Waals surface area contributed by atoms with E-state index in [1.165, 1.54) is 18.0 Å². The van der Waals surface area contributed by atoms with Gasteiger partial charge in [-0.05, 0) is 25.2 Å². The van der Waals surface area contributed by atoms with E-state index >= 15 is 0 Å². The highest BCUT2D eigenvalue weighted by molar-refractivity contribution is 8.01. The number of carboxylic acid groups (broad SMARTS) is 1. The summed E-state index contributed by atoms with van der Waals surface area (Å²) in [6, 6.07) is 0. The van der Waals surface area contributed by atoms with Crippen LogP contribution in [0.1, 0.15) is 32.6 Å². The van der Waals surface area contributed by atoms with Crippen LogP contribution >= 0.6 is 11.8 Å². The fourth-order valence-corrected chi connectivity index (χ4v) is 5.19. The minimum absolute atomic E-state index is 0.0722. The lowest BCUT2D eigenvalue weighted by Gasteiger charge is -2.33. The molecule has 0 aromatic rings. The summed E-state index contributed by atoms with van der Waals surface area (Å²) in [7, 11) is -2.95. The summed E-state index contributed by atoms with van der Waals surface area (Å²) in [5.74, 6) is 0.191. The average Bonchev–Trinajstić information content (AvgIpc) is 2.26. The Hall–Kier alpha value is -0.230. The normalized spacial score (nSPS) is 29.1. The summed E-state index contributed by atoms with van der Waals surface area (Å²) < 4.78 is 22.2. The van der Waals surface area contributed by atoms with Crippen LogP contribution in [0, 0.1) is 11.8 Å². The molecule has 1 N–H and O–H groups in total. The number of thioether (sulfide) groups is 1. The molecule has 0 amide bonds. The summed E-state index contributed by atoms with van der Waals surface area (Å²) in [6.07, 6.45) is 4.91. The van der Waals surface area contributed by atoms with Gasteiger partial charge in [-0.2, -0.15) is 11.8 Å². The van der Waals surface area contributed by atoms with Gasteiger partial charge in [-0.3, -0.25) is 4.79 Å². The van der Waals surface area contributed by atoms with Crippen LogP contribution in [0.5, 0.6) is 0 Å². The van der Waals surface area contributed by atoms with Crippen LogP contribution in [-0.2, 0) is 14.6 Å². The molecule has 0 aromatic heterocycles. The van der Waals surface area contributed by atoms with Crippen LogP contribution in [-0.4, -0.2) is 42.5 Å². The van der Waals surface area contributed by atoms with Crippen LogP contribution in [0.3, 0.4) is 0 Å². The SMILES string of the molecule is CCC1CCC(C(=O)O)C(SCCS(C)(=O)=O)C1. The van der Waals surface area contributed by atoms with Crippen molar-refractivity contribution in [1.29, 1.82) is 0 Å². The van der Waals surface area contributed by atoms with Crippen molar-refractivity contribution < 1.29 is 18.3 Å². The predicted molar refractivity (Wildman–Crippen MR) is 74.7 cm³/mol. The Kier molecular flexibility index (Phi) is 5.98. The molecule has 3 unspecified atom stereocenters. The Morgan fingerprint density at radius 2 is 2.06 bits per heavy atom. The fraction of sp³-hybridized carbons (Fsp3) is 0.917. The number of hydrogen-bond acceptors (Lipinski definition) is 4. The first-order valence-corrected chi connectivity index (χ1v) is 9.46. The zero-order valence-corrected chi connectivity index (χ0v) is 12.6. The third kappa shape index (κ3) is 5.18. The minimum atomic E-state index is -2.95. The van der Waals surface area contributed by atoms with Crippen LogP contribution in [0.25, 0.3) is 0 Å². The topological polar surface area (TPSA) is 71.4 Å². The average molecular weight is 294 g/mol. The number of carbonyl (C=O) groups is 1. The molecule has 1 saturated carbocycles. The van der Waals surface area contributed by atoms with Gasteiger partial charge in [-0.25, -0.2) is 8.42 Å². The maximum Gasteiger partial charge on any atom is 0.307 e. The van der Waals surface area contributed by atoms with E-state index in [1.54, 1.807) is 0 Å². The number of hydrogen-bond donors (Lipinski definition) is 1. The fourth-order valence-electron chi connectivity index (χ4n) is 2.40. The monoisotopic (exact) mass is 294 g/mol. The van der Waals surface area contributed by atoms with Gasteiger partial charge in [0.2, 0.25) is 0 Å². The Labute approximate surface area is 113 Å². The van der Waals surface area contributed by atoms with E-state index in [1.807, 2.05) is 0 Å². The zero-order chi connectivity index (χ0) is 13.8. The van der Waals surface area contributed by atoms with Gasteiger partial charge in [0.05, 0.1) is 11.7 Å². The molecule has 1 fully saturated rings. The second kappa shape index (κ2) is 6.80. The van der Waals surface area contributed by atoms with Crippen molar-refractivity contribution in [3.8, 4) is 0 Å². The Morgan fingerprint density at radius 3 is 2.56 bits per heavy atom. The predicted octanol–water partition coefficient (Wildman–Crippen LogP) is 2.04. The summed E-state index contributed by atoms with van der Waals surface area (Å²) in [5.41, 5.74) is 0. The Morgan fingerprint density at radius 1 is 1.39 bits per heavy atom. The minimum Gasteiger partial charge on any atom is -0.481 e. The smallest absolute Gasteiger partial charge is 0.307 e. The molecule has 1 aliphatic carbocycles. The maximum absolute atomic E-state index is 11.2. The van der Waals surface area contributed by atoms with Crippen LogP contribution in [0.2, 0.25) is 0 Å². The van der Waals surface area contributed by atoms with E-state index in [-0.39, 0.29) is 16.9 Å². The lowest BCUT2D eigenvalue weighted by atomic mass is 9.80. The molecule has 0 heterocycles. The van der Waals surface area contributed by atoms with Crippen LogP contribution < -0.4 is 0 Å². The number of rotatable bonds is 6. The van der Waals surface area contributed by atoms with Crippen LogP contribution in [0.4, 0.5) is 0 Å². The third-order valence-electron chi connectivity index (χ3n) is 3.58. The van der Waals surface area contributed by atoms with E-state index in [9.17, 15) is 18.3 Å². The highest BCUT2D eigenvalue weighted by Crippen LogP contribution is 2.38. The molecule has 0 saturated heterocycles. The molecule has 1 aliphatic rings. The number of sulfone groups is 1. The van der Waals surface area contributed by atoms with Crippen molar-refractivity contribution >= 4 is 27.6 Å². The summed E-state index contributed by atoms with van der Waals surface area (Å²) in [4.78, 5) is 11.2. The van der Waals surface area contributed by atoms with E-state index in [2.05, 4.69) is 6.92 Å². The highest BCUT2D eigenvalue weighted by Gasteiger charge is 2.34. The number of carboxylic acids is 1. The lowest BCUT2D eigenvalue weighted by Crippen LogP contribution is -2.33. The Balaban J connectivity index is 2.53. The second-order valence-electron chi connectivity index (χ2n) is 5.07. The third-order valence-corrected chi connectivity index (χ3v) is 6.17. The molecule has 0 bridgehead atoms. The standard InChI is InChI=1S/C12H22O4S2/c1-3-9-4-5-10(12(13)14)11(8-9)17-6-7-18(2,15)16/h9-11H,3-8H2,1-2H3,(H,13,14). The summed E-state index contributed by atoms with van der Waals surface area (Å²) >= 11 is 1.52. The number of aliphatic carboxylic acids is 1. The summed E-state index contributed by atoms with van der Waals surface area (Å²) in [5, 5.41) is 9.27. The van der Waals surface area contributed by atoms with Crippen molar-refractivity contribution in [2.75, 3.05) is 17.8 Å². The Bertz CT molecular complexity index is 378. The van der Waals surface area contributed by atoms with Gasteiger partial charge in [-0.15, -0.1) is 0 Å². The molecule has 0 aliphatic heterocycles. The first-order chi connectivity index (χ1) is 8.33. The molecular formula is C12H22O4S2. The molecule has 6 heteroatoms. The first-order valence-electron chi connectivity index (χ1n) is 6.35. The zero-order valence-electron chi connectivity index (χ0n) is 11.0. The van der Waals surface area contributed by atoms with Crippen LogP contribution in [0.15, 0.2) is 0 Å². The molecular weight excluding hydrogens is 272 g/mol. The molecule has 4 nitrogen and oxygen atoms in total. The van der Waals surface area contributed by atoms with Gasteiger partial charge < -0.3 is 5.11 Å². The van der Waals surface area contributed by atoms with Gasteiger partial charge in [0.25, 0.3) is 0 Å². The van der Waals surface area contributed by atoms with Gasteiger partial charge in [0.15, 0.2) is 0 Å². The molecule has 1 rings (SSSR count). The molecule has 0 spiro atoms. The van der Waals surface area contributed by atoms with E-state index in [0.29, 0.717) is 11.7 Å². The largest absolute Gasteiger partial charge is 0.481 e. The van der Waals surface area contributed by atoms with Gasteiger partial charge in [0.1, 0.15) is 9.84 Å². The second-order valence-corrected chi connectivity index (χ2v) is 8.68. The van der Waals surface area contributed by atoms with E-state index in [0.717, 1.165) is 25.7 Å². The van der Waals surface area contributed by atoms with Crippen molar-refractivity contribution in [3.63, 3.8) is 0 Å². The first kappa shape index (κ1) is 15.8. The quantitative estimate of drug-likeness (QED) is 0.811. The van der Waals surface area contributed by atoms with Crippen molar-refractivity contribution in [1.82, 2.24) is 0 Å². The highest BCUT2D eigenvalue weighted by atomic mass is 32.2. The molecule has 3 atom stereocenters. The summed E-state index contributed by atoms with van der Waals surface area (Å²) in [6.45, 7) is 2.13. The van der Waals surface area contributed by atoms with Crippen molar-refractivity contribution in [2.45, 2.75) is 37.9 Å². The van der Waals surface area contributed by atoms with Crippen molar-refractivity contribution in [3.05, 3.63) is 0 Å².